The van der Waals surface area contributed by atoms with E-state index in [2.05, 4.69) is 20.9 Å². The van der Waals surface area contributed by atoms with Crippen molar-refractivity contribution in [2.75, 3.05) is 14.2 Å². The van der Waals surface area contributed by atoms with Gasteiger partial charge in [-0.25, -0.2) is 9.18 Å². The molecule has 0 bridgehead atoms. The molecule has 1 aliphatic carbocycles. The molecular weight excluding hydrogens is 519 g/mol. The molecule has 2 heterocycles. The molecule has 3 atom stereocenters. The van der Waals surface area contributed by atoms with E-state index in [1.807, 2.05) is 13.8 Å². The van der Waals surface area contributed by atoms with Crippen LogP contribution in [0.2, 0.25) is 5.02 Å². The number of aromatic amines is 1. The van der Waals surface area contributed by atoms with E-state index in [4.69, 9.17) is 21.1 Å². The lowest BCUT2D eigenvalue weighted by molar-refractivity contribution is -0.146. The minimum Gasteiger partial charge on any atom is -0.493 e. The first-order chi connectivity index (χ1) is 17.9. The van der Waals surface area contributed by atoms with Crippen LogP contribution in [-0.4, -0.2) is 60.5 Å². The number of fused-ring (bicyclic) bond motifs is 1. The first-order valence-electron chi connectivity index (χ1n) is 12.5. The van der Waals surface area contributed by atoms with Crippen molar-refractivity contribution in [1.82, 2.24) is 20.9 Å². The number of hydrogen-bond donors (Lipinski definition) is 4. The Balaban J connectivity index is 1.51. The van der Waals surface area contributed by atoms with E-state index < -0.39 is 47.1 Å². The van der Waals surface area contributed by atoms with E-state index in [-0.39, 0.29) is 34.7 Å². The van der Waals surface area contributed by atoms with E-state index in [9.17, 15) is 23.6 Å². The van der Waals surface area contributed by atoms with Crippen LogP contribution in [0.3, 0.4) is 0 Å². The highest BCUT2D eigenvalue weighted by atomic mass is 35.5. The molecule has 4 rings (SSSR count). The maximum absolute atomic E-state index is 14.3. The van der Waals surface area contributed by atoms with Gasteiger partial charge in [-0.05, 0) is 51.2 Å². The molecule has 0 spiro atoms. The second kappa shape index (κ2) is 10.8. The molecule has 1 aromatic heterocycles. The number of amides is 3. The van der Waals surface area contributed by atoms with Gasteiger partial charge in [-0.2, -0.15) is 0 Å². The van der Waals surface area contributed by atoms with Gasteiger partial charge in [0.05, 0.1) is 24.8 Å². The smallest absolute Gasteiger partial charge is 0.328 e. The van der Waals surface area contributed by atoms with Gasteiger partial charge in [0, 0.05) is 16.8 Å². The van der Waals surface area contributed by atoms with E-state index in [0.717, 1.165) is 12.8 Å². The molecule has 38 heavy (non-hydrogen) atoms. The van der Waals surface area contributed by atoms with Gasteiger partial charge in [0.15, 0.2) is 11.6 Å². The number of carbonyl (C=O) groups excluding carboxylic acids is 4. The Labute approximate surface area is 224 Å². The first-order valence-corrected chi connectivity index (χ1v) is 12.9. The van der Waals surface area contributed by atoms with Crippen LogP contribution in [0.5, 0.6) is 5.75 Å². The van der Waals surface area contributed by atoms with Crippen LogP contribution >= 0.6 is 11.6 Å². The number of halogens is 2. The molecule has 206 valence electrons. The molecule has 1 saturated carbocycles. The van der Waals surface area contributed by atoms with E-state index in [1.54, 1.807) is 0 Å². The molecule has 1 saturated heterocycles. The second-order valence-corrected chi connectivity index (χ2v) is 11.1. The summed E-state index contributed by atoms with van der Waals surface area (Å²) in [4.78, 5) is 54.2. The zero-order valence-electron chi connectivity index (χ0n) is 21.7. The summed E-state index contributed by atoms with van der Waals surface area (Å²) in [6.07, 6.45) is 2.82. The molecule has 3 amide bonds. The summed E-state index contributed by atoms with van der Waals surface area (Å²) in [6.45, 7) is 3.78. The van der Waals surface area contributed by atoms with Crippen molar-refractivity contribution in [3.8, 4) is 5.75 Å². The number of carbonyl (C=O) groups is 4. The normalized spacial score (nSPS) is 19.9. The van der Waals surface area contributed by atoms with Gasteiger partial charge in [-0.3, -0.25) is 14.4 Å². The van der Waals surface area contributed by atoms with Gasteiger partial charge >= 0.3 is 5.97 Å². The van der Waals surface area contributed by atoms with Crippen molar-refractivity contribution in [2.24, 2.45) is 11.8 Å². The highest BCUT2D eigenvalue weighted by Crippen LogP contribution is 2.35. The van der Waals surface area contributed by atoms with Crippen molar-refractivity contribution in [3.05, 3.63) is 28.7 Å². The Morgan fingerprint density at radius 3 is 2.45 bits per heavy atom. The maximum atomic E-state index is 14.3. The first kappa shape index (κ1) is 27.7. The standard InChI is InChI=1S/C26H32ClFN4O6/c1-26(2)11-13(22(33)32-26)8-19(25(36)38-4)31-23(34)17(7-12-5-6-12)30-24(35)18-9-14-16(29-18)10-15(27)20(28)21(14)37-3/h9-10,12-13,17,19,29H,5-8,11H2,1-4H3,(H,30,35)(H,31,34)(H,32,33)/t13-,17+,19+/m1/s1. The van der Waals surface area contributed by atoms with E-state index in [0.29, 0.717) is 23.7 Å². The quantitative estimate of drug-likeness (QED) is 0.336. The topological polar surface area (TPSA) is 139 Å². The number of hydrogen-bond acceptors (Lipinski definition) is 6. The highest BCUT2D eigenvalue weighted by Gasteiger charge is 2.41. The van der Waals surface area contributed by atoms with Gasteiger partial charge in [-0.15, -0.1) is 0 Å². The predicted molar refractivity (Wildman–Crippen MR) is 137 cm³/mol. The number of rotatable bonds is 10. The lowest BCUT2D eigenvalue weighted by atomic mass is 9.91. The summed E-state index contributed by atoms with van der Waals surface area (Å²) in [5.41, 5.74) is 0.0673. The van der Waals surface area contributed by atoms with Gasteiger partial charge in [-0.1, -0.05) is 24.4 Å². The number of esters is 1. The minimum absolute atomic E-state index is 0.0753. The molecule has 0 unspecified atom stereocenters. The number of ether oxygens (including phenoxy) is 2. The van der Waals surface area contributed by atoms with Crippen LogP contribution in [0.1, 0.15) is 56.4 Å². The zero-order chi connectivity index (χ0) is 27.8. The van der Waals surface area contributed by atoms with Crippen molar-refractivity contribution in [3.63, 3.8) is 0 Å². The fourth-order valence-corrected chi connectivity index (χ4v) is 5.16. The Morgan fingerprint density at radius 1 is 1.16 bits per heavy atom. The maximum Gasteiger partial charge on any atom is 0.328 e. The zero-order valence-corrected chi connectivity index (χ0v) is 22.5. The average molecular weight is 551 g/mol. The summed E-state index contributed by atoms with van der Waals surface area (Å²) in [5, 5.41) is 8.46. The van der Waals surface area contributed by atoms with Crippen molar-refractivity contribution in [2.45, 2.75) is 63.6 Å². The molecular formula is C26H32ClFN4O6. The minimum atomic E-state index is -1.06. The van der Waals surface area contributed by atoms with Gasteiger partial charge in [0.2, 0.25) is 11.8 Å². The predicted octanol–water partition coefficient (Wildman–Crippen LogP) is 2.83. The summed E-state index contributed by atoms with van der Waals surface area (Å²) < 4.78 is 24.3. The van der Waals surface area contributed by atoms with Crippen LogP contribution < -0.4 is 20.7 Å². The number of methoxy groups -OCH3 is 2. The molecule has 1 aromatic carbocycles. The van der Waals surface area contributed by atoms with Crippen LogP contribution in [0.4, 0.5) is 4.39 Å². The van der Waals surface area contributed by atoms with Crippen molar-refractivity contribution >= 4 is 46.2 Å². The van der Waals surface area contributed by atoms with Gasteiger partial charge in [0.25, 0.3) is 5.91 Å². The summed E-state index contributed by atoms with van der Waals surface area (Å²) in [6, 6.07) is 0.774. The van der Waals surface area contributed by atoms with Gasteiger partial charge in [0.1, 0.15) is 17.8 Å². The lowest BCUT2D eigenvalue weighted by Crippen LogP contribution is -2.52. The van der Waals surface area contributed by atoms with E-state index >= 15 is 0 Å². The lowest BCUT2D eigenvalue weighted by Gasteiger charge is -2.23. The summed E-state index contributed by atoms with van der Waals surface area (Å²) in [5.74, 6) is -3.06. The third kappa shape index (κ3) is 6.03. The van der Waals surface area contributed by atoms with Gasteiger partial charge < -0.3 is 30.4 Å². The average Bonchev–Trinajstić information content (AvgIpc) is 3.51. The van der Waals surface area contributed by atoms with Crippen LogP contribution in [0.25, 0.3) is 10.9 Å². The Morgan fingerprint density at radius 2 is 1.87 bits per heavy atom. The third-order valence-corrected chi connectivity index (χ3v) is 7.30. The number of aromatic nitrogens is 1. The van der Waals surface area contributed by atoms with E-state index in [1.165, 1.54) is 26.4 Å². The second-order valence-electron chi connectivity index (χ2n) is 10.6. The summed E-state index contributed by atoms with van der Waals surface area (Å²) in [7, 11) is 2.51. The molecule has 12 heteroatoms. The molecule has 2 aromatic rings. The van der Waals surface area contributed by atoms with Crippen molar-refractivity contribution in [1.29, 1.82) is 0 Å². The van der Waals surface area contributed by atoms with Crippen LogP contribution in [0.15, 0.2) is 12.1 Å². The van der Waals surface area contributed by atoms with Crippen LogP contribution in [-0.2, 0) is 19.1 Å². The fraction of sp³-hybridized carbons (Fsp3) is 0.538. The highest BCUT2D eigenvalue weighted by molar-refractivity contribution is 6.31. The molecule has 2 fully saturated rings. The largest absolute Gasteiger partial charge is 0.493 e. The Kier molecular flexibility index (Phi) is 7.87. The molecule has 2 aliphatic rings. The number of nitrogens with one attached hydrogen (secondary N) is 4. The Bertz CT molecular complexity index is 1270. The molecule has 10 nitrogen and oxygen atoms in total. The molecule has 4 N–H and O–H groups in total. The van der Waals surface area contributed by atoms with Crippen molar-refractivity contribution < 1.29 is 33.0 Å². The Hall–Kier alpha value is -3.34. The fourth-order valence-electron chi connectivity index (χ4n) is 4.96. The number of benzene rings is 1. The SMILES string of the molecule is COC(=O)[C@H](C[C@@H]1CC(C)(C)NC1=O)NC(=O)[C@H](CC1CC1)NC(=O)c1cc2c(OC)c(F)c(Cl)cc2[nH]1. The number of H-pyrrole nitrogens is 1. The summed E-state index contributed by atoms with van der Waals surface area (Å²) >= 11 is 5.93. The molecule has 0 radical (unpaired) electrons. The van der Waals surface area contributed by atoms with Crippen LogP contribution in [0, 0.1) is 17.7 Å². The molecule has 1 aliphatic heterocycles. The monoisotopic (exact) mass is 550 g/mol. The third-order valence-electron chi connectivity index (χ3n) is 7.02.